The number of nitro groups is 1. The van der Waals surface area contributed by atoms with E-state index in [1.807, 2.05) is 0 Å². The van der Waals surface area contributed by atoms with E-state index in [2.05, 4.69) is 0 Å². The average Bonchev–Trinajstić information content (AvgIpc) is 2.35. The first-order chi connectivity index (χ1) is 9.28. The van der Waals surface area contributed by atoms with Crippen LogP contribution in [0.15, 0.2) is 18.2 Å². The highest BCUT2D eigenvalue weighted by Gasteiger charge is 2.31. The molecule has 0 saturated carbocycles. The third kappa shape index (κ3) is 4.10. The van der Waals surface area contributed by atoms with E-state index in [9.17, 15) is 23.3 Å². The van der Waals surface area contributed by atoms with Crippen molar-refractivity contribution in [2.75, 3.05) is 24.6 Å². The molecule has 0 bridgehead atoms. The van der Waals surface area contributed by atoms with Crippen molar-refractivity contribution in [3.05, 3.63) is 33.9 Å². The molecule has 0 spiro atoms. The third-order valence-electron chi connectivity index (χ3n) is 2.39. The van der Waals surface area contributed by atoms with Crippen molar-refractivity contribution in [3.8, 4) is 6.07 Å². The smallest absolute Gasteiger partial charge is 0.395 e. The fourth-order valence-corrected chi connectivity index (χ4v) is 1.62. The summed E-state index contributed by atoms with van der Waals surface area (Å²) in [5, 5.41) is 28.3. The SMILES string of the molecule is N#Cc1cc([N+](=O)[O-])ccc1N(CCO)CC(F)(F)F. The quantitative estimate of drug-likeness (QED) is 0.659. The molecule has 108 valence electrons. The lowest BCUT2D eigenvalue weighted by atomic mass is 10.1. The zero-order chi connectivity index (χ0) is 15.3. The Morgan fingerprint density at radius 3 is 2.55 bits per heavy atom. The first-order valence-electron chi connectivity index (χ1n) is 5.39. The molecule has 0 fully saturated rings. The first-order valence-corrected chi connectivity index (χ1v) is 5.39. The number of anilines is 1. The molecule has 1 N–H and O–H groups in total. The summed E-state index contributed by atoms with van der Waals surface area (Å²) in [6.45, 7) is -2.25. The van der Waals surface area contributed by atoms with Crippen molar-refractivity contribution < 1.29 is 23.2 Å². The van der Waals surface area contributed by atoms with Gasteiger partial charge in [-0.05, 0) is 6.07 Å². The Morgan fingerprint density at radius 2 is 2.10 bits per heavy atom. The normalized spacial score (nSPS) is 10.9. The van der Waals surface area contributed by atoms with Gasteiger partial charge in [0.1, 0.15) is 12.6 Å². The van der Waals surface area contributed by atoms with Gasteiger partial charge in [-0.2, -0.15) is 18.4 Å². The van der Waals surface area contributed by atoms with Crippen LogP contribution in [0.1, 0.15) is 5.56 Å². The highest BCUT2D eigenvalue weighted by Crippen LogP contribution is 2.27. The fraction of sp³-hybridized carbons (Fsp3) is 0.364. The van der Waals surface area contributed by atoms with Gasteiger partial charge in [0.15, 0.2) is 0 Å². The predicted octanol–water partition coefficient (Wildman–Crippen LogP) is 1.83. The monoisotopic (exact) mass is 289 g/mol. The van der Waals surface area contributed by atoms with Crippen molar-refractivity contribution in [2.45, 2.75) is 6.18 Å². The summed E-state index contributed by atoms with van der Waals surface area (Å²) in [5.74, 6) is 0. The van der Waals surface area contributed by atoms with Crippen LogP contribution < -0.4 is 4.90 Å². The molecule has 20 heavy (non-hydrogen) atoms. The van der Waals surface area contributed by atoms with Crippen molar-refractivity contribution >= 4 is 11.4 Å². The van der Waals surface area contributed by atoms with Crippen LogP contribution in [0.3, 0.4) is 0 Å². The Hall–Kier alpha value is -2.34. The van der Waals surface area contributed by atoms with Gasteiger partial charge in [0.2, 0.25) is 0 Å². The van der Waals surface area contributed by atoms with Gasteiger partial charge in [0.25, 0.3) is 5.69 Å². The second-order valence-corrected chi connectivity index (χ2v) is 3.83. The summed E-state index contributed by atoms with van der Waals surface area (Å²) in [4.78, 5) is 10.6. The number of benzene rings is 1. The molecule has 0 aromatic heterocycles. The van der Waals surface area contributed by atoms with E-state index >= 15 is 0 Å². The van der Waals surface area contributed by atoms with E-state index in [1.54, 1.807) is 6.07 Å². The molecule has 0 aliphatic rings. The molecule has 0 saturated heterocycles. The third-order valence-corrected chi connectivity index (χ3v) is 2.39. The Kier molecular flexibility index (Phi) is 4.88. The van der Waals surface area contributed by atoms with E-state index in [4.69, 9.17) is 10.4 Å². The van der Waals surface area contributed by atoms with E-state index in [0.29, 0.717) is 0 Å². The molecule has 9 heteroatoms. The number of aliphatic hydroxyl groups excluding tert-OH is 1. The Balaban J connectivity index is 3.20. The Bertz CT molecular complexity index is 540. The topological polar surface area (TPSA) is 90.4 Å². The molecular formula is C11H10F3N3O3. The van der Waals surface area contributed by atoms with Gasteiger partial charge in [-0.3, -0.25) is 10.1 Å². The summed E-state index contributed by atoms with van der Waals surface area (Å²) in [7, 11) is 0. The molecule has 0 aliphatic heterocycles. The van der Waals surface area contributed by atoms with Gasteiger partial charge in [-0.15, -0.1) is 0 Å². The van der Waals surface area contributed by atoms with Crippen molar-refractivity contribution in [3.63, 3.8) is 0 Å². The maximum Gasteiger partial charge on any atom is 0.405 e. The van der Waals surface area contributed by atoms with Gasteiger partial charge in [0, 0.05) is 18.7 Å². The maximum atomic E-state index is 12.4. The molecule has 0 aliphatic carbocycles. The predicted molar refractivity (Wildman–Crippen MR) is 63.2 cm³/mol. The zero-order valence-corrected chi connectivity index (χ0v) is 10.1. The Labute approximate surface area is 111 Å². The zero-order valence-electron chi connectivity index (χ0n) is 10.1. The van der Waals surface area contributed by atoms with Crippen LogP contribution in [0, 0.1) is 21.4 Å². The van der Waals surface area contributed by atoms with Gasteiger partial charge in [-0.25, -0.2) is 0 Å². The van der Waals surface area contributed by atoms with E-state index < -0.39 is 24.3 Å². The number of alkyl halides is 3. The number of rotatable bonds is 5. The number of halogens is 3. The van der Waals surface area contributed by atoms with E-state index in [-0.39, 0.29) is 23.5 Å². The largest absolute Gasteiger partial charge is 0.405 e. The highest BCUT2D eigenvalue weighted by atomic mass is 19.4. The number of non-ortho nitro benzene ring substituents is 1. The second kappa shape index (κ2) is 6.21. The van der Waals surface area contributed by atoms with Crippen molar-refractivity contribution in [2.24, 2.45) is 0 Å². The van der Waals surface area contributed by atoms with Crippen LogP contribution in [0.5, 0.6) is 0 Å². The van der Waals surface area contributed by atoms with Gasteiger partial charge in [0.05, 0.1) is 22.8 Å². The number of nitro benzene ring substituents is 1. The summed E-state index contributed by atoms with van der Waals surface area (Å²) in [6.07, 6.45) is -4.52. The van der Waals surface area contributed by atoms with Crippen LogP contribution >= 0.6 is 0 Å². The average molecular weight is 289 g/mol. The molecule has 0 heterocycles. The standard InChI is InChI=1S/C11H10F3N3O3/c12-11(13,14)7-16(3-4-18)10-2-1-9(17(19)20)5-8(10)6-15/h1-2,5,18H,3-4,7H2. The molecule has 6 nitrogen and oxygen atoms in total. The van der Waals surface area contributed by atoms with Gasteiger partial charge < -0.3 is 10.0 Å². The molecule has 1 rings (SSSR count). The van der Waals surface area contributed by atoms with Crippen LogP contribution in [0.2, 0.25) is 0 Å². The highest BCUT2D eigenvalue weighted by molar-refractivity contribution is 5.63. The second-order valence-electron chi connectivity index (χ2n) is 3.83. The minimum absolute atomic E-state index is 0.107. The lowest BCUT2D eigenvalue weighted by Crippen LogP contribution is -2.36. The lowest BCUT2D eigenvalue weighted by Gasteiger charge is -2.25. The number of hydrogen-bond donors (Lipinski definition) is 1. The van der Waals surface area contributed by atoms with Crippen LogP contribution in [-0.2, 0) is 0 Å². The number of aliphatic hydroxyl groups is 1. The van der Waals surface area contributed by atoms with E-state index in [0.717, 1.165) is 23.1 Å². The molecule has 1 aromatic carbocycles. The Morgan fingerprint density at radius 1 is 1.45 bits per heavy atom. The molecule has 1 aromatic rings. The molecule has 0 amide bonds. The lowest BCUT2D eigenvalue weighted by molar-refractivity contribution is -0.384. The molecule has 0 radical (unpaired) electrons. The number of nitrogens with zero attached hydrogens (tertiary/aromatic N) is 3. The fourth-order valence-electron chi connectivity index (χ4n) is 1.62. The van der Waals surface area contributed by atoms with Crippen molar-refractivity contribution in [1.29, 1.82) is 5.26 Å². The molecule has 0 unspecified atom stereocenters. The van der Waals surface area contributed by atoms with Gasteiger partial charge in [-0.1, -0.05) is 0 Å². The first kappa shape index (κ1) is 15.7. The molecular weight excluding hydrogens is 279 g/mol. The van der Waals surface area contributed by atoms with Crippen LogP contribution in [-0.4, -0.2) is 35.9 Å². The summed E-state index contributed by atoms with van der Waals surface area (Å²) >= 11 is 0. The van der Waals surface area contributed by atoms with Crippen LogP contribution in [0.4, 0.5) is 24.5 Å². The van der Waals surface area contributed by atoms with Crippen LogP contribution in [0.25, 0.3) is 0 Å². The van der Waals surface area contributed by atoms with Crippen molar-refractivity contribution in [1.82, 2.24) is 0 Å². The van der Waals surface area contributed by atoms with E-state index in [1.165, 1.54) is 0 Å². The number of hydrogen-bond acceptors (Lipinski definition) is 5. The summed E-state index contributed by atoms with van der Waals surface area (Å²) in [6, 6.07) is 4.60. The molecule has 0 atom stereocenters. The minimum atomic E-state index is -4.52. The number of nitriles is 1. The summed E-state index contributed by atoms with van der Waals surface area (Å²) < 4.78 is 37.3. The maximum absolute atomic E-state index is 12.4. The summed E-state index contributed by atoms with van der Waals surface area (Å²) in [5.41, 5.74) is -0.748. The van der Waals surface area contributed by atoms with Gasteiger partial charge >= 0.3 is 6.18 Å². The minimum Gasteiger partial charge on any atom is -0.395 e.